The van der Waals surface area contributed by atoms with Gasteiger partial charge in [-0.1, -0.05) is 32.1 Å². The van der Waals surface area contributed by atoms with Crippen LogP contribution in [0.25, 0.3) is 0 Å². The lowest BCUT2D eigenvalue weighted by Crippen LogP contribution is -2.30. The summed E-state index contributed by atoms with van der Waals surface area (Å²) in [7, 11) is -3.32. The molecule has 2 heterocycles. The summed E-state index contributed by atoms with van der Waals surface area (Å²) >= 11 is 0. The third-order valence-corrected chi connectivity index (χ3v) is 6.42. The average molecular weight is 403 g/mol. The first-order chi connectivity index (χ1) is 12.0. The van der Waals surface area contributed by atoms with Gasteiger partial charge in [-0.05, 0) is 32.2 Å². The zero-order valence-electron chi connectivity index (χ0n) is 15.5. The van der Waals surface area contributed by atoms with Crippen LogP contribution in [0.5, 0.6) is 0 Å². The molecule has 148 valence electrons. The first-order valence-corrected chi connectivity index (χ1v) is 11.5. The maximum atomic E-state index is 12.2. The molecule has 1 unspecified atom stereocenters. The summed E-state index contributed by atoms with van der Waals surface area (Å²) in [4.78, 5) is 9.28. The van der Waals surface area contributed by atoms with Crippen molar-refractivity contribution in [3.63, 3.8) is 0 Å². The number of rotatable bonds is 4. The quantitative estimate of drug-likeness (QED) is 0.803. The molecule has 6 nitrogen and oxygen atoms in total. The fourth-order valence-corrected chi connectivity index (χ4v) is 4.74. The van der Waals surface area contributed by atoms with Gasteiger partial charge in [-0.15, -0.1) is 12.4 Å². The molecule has 0 aromatic carbocycles. The monoisotopic (exact) mass is 402 g/mol. The minimum atomic E-state index is -3.32. The second kappa shape index (κ2) is 9.85. The molecule has 1 aliphatic heterocycles. The molecule has 2 fully saturated rings. The molecule has 0 spiro atoms. The zero-order chi connectivity index (χ0) is 17.7. The molecule has 2 N–H and O–H groups in total. The Morgan fingerprint density at radius 2 is 1.77 bits per heavy atom. The van der Waals surface area contributed by atoms with Crippen LogP contribution in [0.3, 0.4) is 0 Å². The third-order valence-electron chi connectivity index (χ3n) is 5.30. The van der Waals surface area contributed by atoms with Crippen molar-refractivity contribution in [3.8, 4) is 0 Å². The molecule has 1 aromatic heterocycles. The number of sulfone groups is 1. The highest BCUT2D eigenvalue weighted by atomic mass is 35.5. The van der Waals surface area contributed by atoms with Crippen LogP contribution in [0.4, 0.5) is 5.95 Å². The van der Waals surface area contributed by atoms with Gasteiger partial charge in [0.2, 0.25) is 5.95 Å². The largest absolute Gasteiger partial charge is 0.351 e. The van der Waals surface area contributed by atoms with Gasteiger partial charge < -0.3 is 10.6 Å². The topological polar surface area (TPSA) is 84.0 Å². The van der Waals surface area contributed by atoms with E-state index in [4.69, 9.17) is 0 Å². The second-order valence-electron chi connectivity index (χ2n) is 7.44. The minimum absolute atomic E-state index is 0. The molecule has 8 heteroatoms. The molecule has 3 rings (SSSR count). The van der Waals surface area contributed by atoms with Gasteiger partial charge in [0.1, 0.15) is 4.90 Å². The zero-order valence-corrected chi connectivity index (χ0v) is 17.2. The Hall–Kier alpha value is -0.920. The highest BCUT2D eigenvalue weighted by molar-refractivity contribution is 7.90. The first-order valence-electron chi connectivity index (χ1n) is 9.58. The van der Waals surface area contributed by atoms with Crippen molar-refractivity contribution in [1.82, 2.24) is 15.3 Å². The summed E-state index contributed by atoms with van der Waals surface area (Å²) in [6.07, 6.45) is 13.4. The highest BCUT2D eigenvalue weighted by Gasteiger charge is 2.25. The van der Waals surface area contributed by atoms with E-state index in [1.54, 1.807) is 0 Å². The molecular weight excluding hydrogens is 372 g/mol. The van der Waals surface area contributed by atoms with E-state index < -0.39 is 9.84 Å². The fraction of sp³-hybridized carbons (Fsp3) is 0.778. The van der Waals surface area contributed by atoms with E-state index in [2.05, 4.69) is 20.6 Å². The number of anilines is 1. The number of aromatic nitrogens is 2. The summed E-state index contributed by atoms with van der Waals surface area (Å²) in [5.41, 5.74) is 0.679. The van der Waals surface area contributed by atoms with Gasteiger partial charge in [0.05, 0.1) is 11.9 Å². The van der Waals surface area contributed by atoms with Crippen LogP contribution < -0.4 is 10.6 Å². The fourth-order valence-electron chi connectivity index (χ4n) is 3.90. The van der Waals surface area contributed by atoms with Crippen LogP contribution in [-0.2, 0) is 9.84 Å². The molecule has 0 bridgehead atoms. The number of piperidine rings is 1. The average Bonchev–Trinajstić information content (AvgIpc) is 2.57. The van der Waals surface area contributed by atoms with Crippen LogP contribution in [0.15, 0.2) is 11.1 Å². The van der Waals surface area contributed by atoms with Crippen molar-refractivity contribution in [2.45, 2.75) is 74.6 Å². The van der Waals surface area contributed by atoms with E-state index in [9.17, 15) is 8.42 Å². The highest BCUT2D eigenvalue weighted by Crippen LogP contribution is 2.28. The van der Waals surface area contributed by atoms with Crippen molar-refractivity contribution >= 4 is 28.2 Å². The summed E-state index contributed by atoms with van der Waals surface area (Å²) in [6.45, 7) is 1.77. The molecule has 26 heavy (non-hydrogen) atoms. The Labute approximate surface area is 163 Å². The van der Waals surface area contributed by atoms with Crippen molar-refractivity contribution < 1.29 is 8.42 Å². The van der Waals surface area contributed by atoms with Gasteiger partial charge in [-0.3, -0.25) is 0 Å². The van der Waals surface area contributed by atoms with Crippen LogP contribution in [0, 0.1) is 0 Å². The normalized spacial score (nSPS) is 22.7. The lowest BCUT2D eigenvalue weighted by atomic mass is 9.96. The van der Waals surface area contributed by atoms with E-state index >= 15 is 0 Å². The van der Waals surface area contributed by atoms with E-state index in [0.29, 0.717) is 17.7 Å². The van der Waals surface area contributed by atoms with Gasteiger partial charge >= 0.3 is 0 Å². The smallest absolute Gasteiger partial charge is 0.223 e. The Morgan fingerprint density at radius 1 is 1.08 bits per heavy atom. The number of nitrogens with zero attached hydrogens (tertiary/aromatic N) is 2. The minimum Gasteiger partial charge on any atom is -0.351 e. The maximum Gasteiger partial charge on any atom is 0.223 e. The van der Waals surface area contributed by atoms with Gasteiger partial charge in [0.25, 0.3) is 0 Å². The molecule has 1 saturated heterocycles. The van der Waals surface area contributed by atoms with E-state index in [1.165, 1.54) is 44.6 Å². The van der Waals surface area contributed by atoms with Crippen molar-refractivity contribution in [3.05, 3.63) is 11.9 Å². The number of hydrogen-bond acceptors (Lipinski definition) is 6. The lowest BCUT2D eigenvalue weighted by molar-refractivity contribution is 0.446. The molecule has 1 aliphatic carbocycles. The SMILES string of the molecule is CS(=O)(=O)c1cnc(NC2CCCCCCC2)nc1C1CCCNC1.Cl. The number of halogens is 1. The Bertz CT molecular complexity index is 670. The van der Waals surface area contributed by atoms with Crippen molar-refractivity contribution in [2.75, 3.05) is 24.7 Å². The molecule has 1 atom stereocenters. The first kappa shape index (κ1) is 21.4. The van der Waals surface area contributed by atoms with Crippen LogP contribution in [-0.4, -0.2) is 43.8 Å². The Morgan fingerprint density at radius 3 is 2.38 bits per heavy atom. The molecule has 0 amide bonds. The predicted octanol–water partition coefficient (Wildman–Crippen LogP) is 3.29. The molecule has 1 aromatic rings. The number of nitrogens with one attached hydrogen (secondary N) is 2. The summed E-state index contributed by atoms with van der Waals surface area (Å²) in [5.74, 6) is 0.720. The lowest BCUT2D eigenvalue weighted by Gasteiger charge is -2.25. The standard InChI is InChI=1S/C18H30N4O2S.ClH/c1-25(23,24)16-13-20-18(21-15-9-5-3-2-4-6-10-15)22-17(16)14-8-7-11-19-12-14;/h13-15,19H,2-12H2,1H3,(H,20,21,22);1H. The Kier molecular flexibility index (Phi) is 8.10. The second-order valence-corrected chi connectivity index (χ2v) is 9.43. The summed E-state index contributed by atoms with van der Waals surface area (Å²) in [6, 6.07) is 0.390. The van der Waals surface area contributed by atoms with Crippen molar-refractivity contribution in [2.24, 2.45) is 0 Å². The molecule has 0 radical (unpaired) electrons. The van der Waals surface area contributed by atoms with Crippen LogP contribution in [0.1, 0.15) is 69.4 Å². The van der Waals surface area contributed by atoms with Crippen LogP contribution in [0.2, 0.25) is 0 Å². The van der Waals surface area contributed by atoms with E-state index in [-0.39, 0.29) is 23.2 Å². The van der Waals surface area contributed by atoms with Crippen LogP contribution >= 0.6 is 12.4 Å². The molecule has 1 saturated carbocycles. The van der Waals surface area contributed by atoms with Gasteiger partial charge in [0, 0.05) is 24.8 Å². The summed E-state index contributed by atoms with van der Waals surface area (Å²) < 4.78 is 24.3. The predicted molar refractivity (Wildman–Crippen MR) is 107 cm³/mol. The molecule has 2 aliphatic rings. The maximum absolute atomic E-state index is 12.2. The van der Waals surface area contributed by atoms with Crippen molar-refractivity contribution in [1.29, 1.82) is 0 Å². The van der Waals surface area contributed by atoms with Gasteiger partial charge in [0.15, 0.2) is 9.84 Å². The Balaban J connectivity index is 0.00000243. The summed E-state index contributed by atoms with van der Waals surface area (Å²) in [5, 5.41) is 6.82. The van der Waals surface area contributed by atoms with Gasteiger partial charge in [-0.25, -0.2) is 18.4 Å². The number of hydrogen-bond donors (Lipinski definition) is 2. The van der Waals surface area contributed by atoms with E-state index in [0.717, 1.165) is 38.8 Å². The van der Waals surface area contributed by atoms with Gasteiger partial charge in [-0.2, -0.15) is 0 Å². The third kappa shape index (κ3) is 5.79. The van der Waals surface area contributed by atoms with E-state index in [1.807, 2.05) is 0 Å². The molecular formula is C18H31ClN4O2S.